The van der Waals surface area contributed by atoms with E-state index in [2.05, 4.69) is 106 Å². The molecule has 0 N–H and O–H groups in total. The maximum Gasteiger partial charge on any atom is 0.261 e. The normalized spacial score (nSPS) is 18.2. The lowest BCUT2D eigenvalue weighted by atomic mass is 9.72. The first-order valence-corrected chi connectivity index (χ1v) is 15.7. The summed E-state index contributed by atoms with van der Waals surface area (Å²) in [5, 5.41) is 31.7. The molecule has 6 heteroatoms. The van der Waals surface area contributed by atoms with Crippen LogP contribution in [0.15, 0.2) is 83.1 Å². The highest BCUT2D eigenvalue weighted by Crippen LogP contribution is 2.45. The van der Waals surface area contributed by atoms with Gasteiger partial charge in [0.1, 0.15) is 23.8 Å². The molecule has 0 atom stereocenters. The Morgan fingerprint density at radius 2 is 1.38 bits per heavy atom. The van der Waals surface area contributed by atoms with Gasteiger partial charge in [0.15, 0.2) is 0 Å². The predicted octanol–water partition coefficient (Wildman–Crippen LogP) is 5.97. The molecule has 0 radical (unpaired) electrons. The Hall–Kier alpha value is -3.63. The summed E-state index contributed by atoms with van der Waals surface area (Å²) in [6.07, 6.45) is 3.12. The zero-order chi connectivity index (χ0) is 28.3. The van der Waals surface area contributed by atoms with Crippen molar-refractivity contribution in [3.63, 3.8) is 0 Å². The van der Waals surface area contributed by atoms with Gasteiger partial charge in [0, 0.05) is 30.5 Å². The number of allylic oxidation sites excluding steroid dienone is 4. The van der Waals surface area contributed by atoms with Crippen molar-refractivity contribution in [1.29, 1.82) is 15.8 Å². The second kappa shape index (κ2) is 11.2. The lowest BCUT2D eigenvalue weighted by Gasteiger charge is -2.47. The highest BCUT2D eigenvalue weighted by Gasteiger charge is 2.51. The van der Waals surface area contributed by atoms with E-state index in [1.165, 1.54) is 10.4 Å². The number of piperidine rings is 1. The first kappa shape index (κ1) is 28.4. The molecule has 0 bridgehead atoms. The average Bonchev–Trinajstić information content (AvgIpc) is 2.92. The summed E-state index contributed by atoms with van der Waals surface area (Å²) in [5.41, 5.74) is 2.00. The van der Waals surface area contributed by atoms with E-state index in [1.54, 1.807) is 0 Å². The van der Waals surface area contributed by atoms with Gasteiger partial charge in [-0.3, -0.25) is 0 Å². The molecule has 0 aromatic heterocycles. The zero-order valence-corrected chi connectivity index (χ0v) is 24.8. The third kappa shape index (κ3) is 5.57. The van der Waals surface area contributed by atoms with Crippen LogP contribution in [0.1, 0.15) is 60.3 Å². The molecule has 1 saturated heterocycles. The molecule has 2 aromatic carbocycles. The van der Waals surface area contributed by atoms with Crippen LogP contribution in [0.4, 0.5) is 0 Å². The maximum absolute atomic E-state index is 10.1. The van der Waals surface area contributed by atoms with Crippen LogP contribution in [0.25, 0.3) is 0 Å². The highest BCUT2D eigenvalue weighted by molar-refractivity contribution is 6.99. The van der Waals surface area contributed by atoms with Crippen LogP contribution in [0, 0.1) is 39.4 Å². The van der Waals surface area contributed by atoms with E-state index in [0.29, 0.717) is 17.6 Å². The van der Waals surface area contributed by atoms with E-state index in [0.717, 1.165) is 38.0 Å². The van der Waals surface area contributed by atoms with Gasteiger partial charge in [-0.2, -0.15) is 15.8 Å². The zero-order valence-electron chi connectivity index (χ0n) is 23.8. The Kier molecular flexibility index (Phi) is 8.17. The molecule has 1 aliphatic carbocycles. The topological polar surface area (TPSA) is 83.8 Å². The molecule has 0 unspecified atom stereocenters. The van der Waals surface area contributed by atoms with Gasteiger partial charge in [0.25, 0.3) is 8.32 Å². The van der Waals surface area contributed by atoms with Crippen LogP contribution >= 0.6 is 0 Å². The standard InChI is InChI=1S/C33H38N4OSi/c1-32(2,3)39(27-12-8-6-9-13-27,28-14-10-7-11-15-28)38-26-16-18-37(19-17-26)31-21-33(4,5)20-29(30(31)24-36)25(22-34)23-35/h6-15,26H,16-21H2,1-5H3. The van der Waals surface area contributed by atoms with Crippen molar-refractivity contribution in [2.24, 2.45) is 5.41 Å². The van der Waals surface area contributed by atoms with E-state index in [1.807, 2.05) is 12.1 Å². The van der Waals surface area contributed by atoms with Crippen LogP contribution in [-0.2, 0) is 4.43 Å². The number of hydrogen-bond acceptors (Lipinski definition) is 5. The Balaban J connectivity index is 1.67. The Bertz CT molecular complexity index is 1320. The van der Waals surface area contributed by atoms with Crippen LogP contribution in [0.5, 0.6) is 0 Å². The summed E-state index contributed by atoms with van der Waals surface area (Å²) in [6.45, 7) is 12.8. The second-order valence-corrected chi connectivity index (χ2v) is 16.7. The predicted molar refractivity (Wildman–Crippen MR) is 157 cm³/mol. The van der Waals surface area contributed by atoms with Crippen LogP contribution in [-0.4, -0.2) is 32.4 Å². The van der Waals surface area contributed by atoms with E-state index in [9.17, 15) is 15.8 Å². The summed E-state index contributed by atoms with van der Waals surface area (Å²) >= 11 is 0. The number of rotatable bonds is 5. The van der Waals surface area contributed by atoms with E-state index >= 15 is 0 Å². The fourth-order valence-electron chi connectivity index (χ4n) is 6.31. The maximum atomic E-state index is 10.1. The molecule has 200 valence electrons. The average molecular weight is 535 g/mol. The molecule has 1 fully saturated rings. The van der Waals surface area contributed by atoms with Crippen molar-refractivity contribution in [1.82, 2.24) is 4.90 Å². The lowest BCUT2D eigenvalue weighted by Crippen LogP contribution is -2.68. The highest BCUT2D eigenvalue weighted by atomic mass is 28.4. The molecule has 0 saturated carbocycles. The van der Waals surface area contributed by atoms with Gasteiger partial charge in [0.2, 0.25) is 0 Å². The molecule has 39 heavy (non-hydrogen) atoms. The van der Waals surface area contributed by atoms with Gasteiger partial charge in [0.05, 0.1) is 5.57 Å². The van der Waals surface area contributed by atoms with Crippen LogP contribution < -0.4 is 10.4 Å². The molecule has 5 nitrogen and oxygen atoms in total. The van der Waals surface area contributed by atoms with Crippen molar-refractivity contribution >= 4 is 18.7 Å². The third-order valence-electron chi connectivity index (χ3n) is 8.11. The van der Waals surface area contributed by atoms with Gasteiger partial charge in [-0.25, -0.2) is 0 Å². The summed E-state index contributed by atoms with van der Waals surface area (Å²) in [7, 11) is -2.64. The largest absolute Gasteiger partial charge is 0.404 e. The smallest absolute Gasteiger partial charge is 0.261 e. The number of benzene rings is 2. The van der Waals surface area contributed by atoms with Crippen molar-refractivity contribution in [2.45, 2.75) is 71.4 Å². The molecule has 0 spiro atoms. The van der Waals surface area contributed by atoms with E-state index < -0.39 is 8.32 Å². The second-order valence-electron chi connectivity index (χ2n) is 12.5. The fraction of sp³-hybridized carbons (Fsp3) is 0.424. The minimum Gasteiger partial charge on any atom is -0.404 e. The molecule has 4 rings (SSSR count). The molecule has 0 amide bonds. The third-order valence-corrected chi connectivity index (χ3v) is 13.2. The van der Waals surface area contributed by atoms with Crippen molar-refractivity contribution in [2.75, 3.05) is 13.1 Å². The van der Waals surface area contributed by atoms with Gasteiger partial charge in [-0.1, -0.05) is 95.3 Å². The first-order chi connectivity index (χ1) is 18.6. The van der Waals surface area contributed by atoms with Crippen molar-refractivity contribution < 1.29 is 4.43 Å². The Morgan fingerprint density at radius 1 is 0.872 bits per heavy atom. The molecule has 2 aromatic rings. The molecular weight excluding hydrogens is 496 g/mol. The van der Waals surface area contributed by atoms with E-state index in [4.69, 9.17) is 4.43 Å². The van der Waals surface area contributed by atoms with Crippen molar-refractivity contribution in [3.8, 4) is 18.2 Å². The summed E-state index contributed by atoms with van der Waals surface area (Å²) in [4.78, 5) is 2.30. The first-order valence-electron chi connectivity index (χ1n) is 13.8. The molecule has 1 aliphatic heterocycles. The van der Waals surface area contributed by atoms with Crippen molar-refractivity contribution in [3.05, 3.63) is 83.1 Å². The SMILES string of the molecule is CC1(C)CC(=C(C#N)C#N)C(C#N)=C(N2CCC(O[Si](c3ccccc3)(c3ccccc3)C(C)(C)C)CC2)C1. The van der Waals surface area contributed by atoms with Gasteiger partial charge in [-0.15, -0.1) is 0 Å². The van der Waals surface area contributed by atoms with E-state index in [-0.39, 0.29) is 22.1 Å². The lowest BCUT2D eigenvalue weighted by molar-refractivity contribution is 0.102. The minimum atomic E-state index is -2.64. The summed E-state index contributed by atoms with van der Waals surface area (Å²) in [5.74, 6) is 0. The van der Waals surface area contributed by atoms with Crippen LogP contribution in [0.3, 0.4) is 0 Å². The Morgan fingerprint density at radius 3 is 1.82 bits per heavy atom. The van der Waals surface area contributed by atoms with Gasteiger partial charge in [-0.05, 0) is 46.5 Å². The van der Waals surface area contributed by atoms with Gasteiger partial charge >= 0.3 is 0 Å². The molecular formula is C33H38N4OSi. The summed E-state index contributed by atoms with van der Waals surface area (Å²) in [6, 6.07) is 27.9. The number of nitriles is 3. The summed E-state index contributed by atoms with van der Waals surface area (Å²) < 4.78 is 7.38. The Labute approximate surface area is 234 Å². The van der Waals surface area contributed by atoms with Gasteiger partial charge < -0.3 is 9.33 Å². The monoisotopic (exact) mass is 534 g/mol. The van der Waals surface area contributed by atoms with Crippen LogP contribution in [0.2, 0.25) is 5.04 Å². The molecule has 1 heterocycles. The number of nitrogens with zero attached hydrogens (tertiary/aromatic N) is 4. The quantitative estimate of drug-likeness (QED) is 0.349. The minimum absolute atomic E-state index is 0.0572. The number of likely N-dealkylation sites (tertiary alicyclic amines) is 1. The number of hydrogen-bond donors (Lipinski definition) is 0. The molecule has 2 aliphatic rings. The fourth-order valence-corrected chi connectivity index (χ4v) is 11.1.